The van der Waals surface area contributed by atoms with E-state index in [9.17, 15) is 13.2 Å². The lowest BCUT2D eigenvalue weighted by atomic mass is 9.70. The normalized spacial score (nSPS) is 36.1. The van der Waals surface area contributed by atoms with E-state index in [4.69, 9.17) is 0 Å². The lowest BCUT2D eigenvalue weighted by Gasteiger charge is -2.38. The predicted octanol–water partition coefficient (Wildman–Crippen LogP) is -0.0680. The second-order valence-electron chi connectivity index (χ2n) is 7.93. The van der Waals surface area contributed by atoms with E-state index in [1.807, 2.05) is 0 Å². The van der Waals surface area contributed by atoms with Crippen molar-refractivity contribution in [2.75, 3.05) is 38.5 Å². The van der Waals surface area contributed by atoms with E-state index in [2.05, 4.69) is 20.8 Å². The van der Waals surface area contributed by atoms with E-state index in [-0.39, 0.29) is 17.0 Å². The molecular weight excluding hydrogens is 300 g/mol. The zero-order chi connectivity index (χ0) is 16.2. The van der Waals surface area contributed by atoms with Gasteiger partial charge in [-0.05, 0) is 31.1 Å². The molecule has 6 heteroatoms. The van der Waals surface area contributed by atoms with Gasteiger partial charge in [0.25, 0.3) is 0 Å². The molecule has 1 aliphatic heterocycles. The van der Waals surface area contributed by atoms with Crippen molar-refractivity contribution < 1.29 is 18.1 Å². The fourth-order valence-corrected chi connectivity index (χ4v) is 7.17. The molecule has 22 heavy (non-hydrogen) atoms. The molecule has 0 amide bonds. The number of fused-ring (bicyclic) bond motifs is 2. The van der Waals surface area contributed by atoms with Crippen molar-refractivity contribution in [2.45, 2.75) is 40.0 Å². The number of carbonyl (C=O) groups is 1. The molecule has 3 rings (SSSR count). The molecule has 0 unspecified atom stereocenters. The molecule has 0 aromatic carbocycles. The largest absolute Gasteiger partial charge is 0.333 e. The number of likely N-dealkylation sites (N-methyl/N-ethyl adjacent to an activating group) is 1. The van der Waals surface area contributed by atoms with Crippen LogP contribution in [0.2, 0.25) is 0 Å². The second kappa shape index (κ2) is 5.28. The number of sulfonamides is 1. The van der Waals surface area contributed by atoms with Gasteiger partial charge in [-0.3, -0.25) is 4.79 Å². The SMILES string of the molecule is CC[NH+]1CCN(S(=O)(=O)C[C@]23CC[C@@H](CC2=O)C3(C)C)CC1. The highest BCUT2D eigenvalue weighted by molar-refractivity contribution is 7.89. The summed E-state index contributed by atoms with van der Waals surface area (Å²) in [5.41, 5.74) is -0.807. The first kappa shape index (κ1) is 16.4. The highest BCUT2D eigenvalue weighted by Gasteiger charge is 2.65. The second-order valence-corrected chi connectivity index (χ2v) is 9.89. The van der Waals surface area contributed by atoms with Crippen LogP contribution in [0.5, 0.6) is 0 Å². The lowest BCUT2D eigenvalue weighted by molar-refractivity contribution is -0.901. The van der Waals surface area contributed by atoms with Crippen LogP contribution in [0.25, 0.3) is 0 Å². The maximum absolute atomic E-state index is 12.9. The number of nitrogens with one attached hydrogen (secondary N) is 1. The van der Waals surface area contributed by atoms with Gasteiger partial charge in [0.05, 0.1) is 38.5 Å². The van der Waals surface area contributed by atoms with Crippen LogP contribution in [0.4, 0.5) is 0 Å². The van der Waals surface area contributed by atoms with E-state index in [0.29, 0.717) is 25.4 Å². The molecule has 2 bridgehead atoms. The highest BCUT2D eigenvalue weighted by atomic mass is 32.2. The van der Waals surface area contributed by atoms with Gasteiger partial charge in [-0.2, -0.15) is 4.31 Å². The molecule has 1 heterocycles. The Morgan fingerprint density at radius 2 is 1.91 bits per heavy atom. The molecule has 0 radical (unpaired) electrons. The lowest BCUT2D eigenvalue weighted by Crippen LogP contribution is -3.14. The number of hydrogen-bond donors (Lipinski definition) is 1. The van der Waals surface area contributed by atoms with E-state index >= 15 is 0 Å². The van der Waals surface area contributed by atoms with Gasteiger partial charge in [0.15, 0.2) is 0 Å². The molecular formula is C16H29N2O3S+. The summed E-state index contributed by atoms with van der Waals surface area (Å²) in [5, 5.41) is 0. The van der Waals surface area contributed by atoms with Crippen LogP contribution in [0.3, 0.4) is 0 Å². The summed E-state index contributed by atoms with van der Waals surface area (Å²) >= 11 is 0. The van der Waals surface area contributed by atoms with Gasteiger partial charge in [-0.1, -0.05) is 13.8 Å². The molecule has 126 valence electrons. The molecule has 0 spiro atoms. The van der Waals surface area contributed by atoms with Crippen LogP contribution in [0.15, 0.2) is 0 Å². The molecule has 2 saturated carbocycles. The fourth-order valence-electron chi connectivity index (χ4n) is 4.94. The van der Waals surface area contributed by atoms with E-state index in [1.54, 1.807) is 4.31 Å². The summed E-state index contributed by atoms with van der Waals surface area (Å²) in [6.45, 7) is 10.3. The monoisotopic (exact) mass is 329 g/mol. The molecule has 1 saturated heterocycles. The molecule has 2 aliphatic carbocycles. The van der Waals surface area contributed by atoms with E-state index in [0.717, 1.165) is 32.5 Å². The van der Waals surface area contributed by atoms with Gasteiger partial charge >= 0.3 is 0 Å². The Balaban J connectivity index is 1.79. The third kappa shape index (κ3) is 2.26. The highest BCUT2D eigenvalue weighted by Crippen LogP contribution is 2.64. The Morgan fingerprint density at radius 3 is 2.36 bits per heavy atom. The average molecular weight is 329 g/mol. The van der Waals surface area contributed by atoms with Gasteiger partial charge in [-0.25, -0.2) is 8.42 Å². The van der Waals surface area contributed by atoms with Crippen molar-refractivity contribution in [3.8, 4) is 0 Å². The van der Waals surface area contributed by atoms with Crippen LogP contribution in [-0.4, -0.2) is 57.0 Å². The number of piperazine rings is 1. The first-order valence-electron chi connectivity index (χ1n) is 8.57. The quantitative estimate of drug-likeness (QED) is 0.786. The Hall–Kier alpha value is -0.460. The molecule has 5 nitrogen and oxygen atoms in total. The molecule has 0 aromatic rings. The summed E-state index contributed by atoms with van der Waals surface area (Å²) in [7, 11) is -3.35. The zero-order valence-corrected chi connectivity index (χ0v) is 14.8. The topological polar surface area (TPSA) is 58.9 Å². The Bertz CT molecular complexity index is 564. The fraction of sp³-hybridized carbons (Fsp3) is 0.938. The number of rotatable bonds is 4. The van der Waals surface area contributed by atoms with Crippen molar-refractivity contribution in [2.24, 2.45) is 16.7 Å². The predicted molar refractivity (Wildman–Crippen MR) is 85.2 cm³/mol. The summed E-state index contributed by atoms with van der Waals surface area (Å²) in [4.78, 5) is 14.0. The van der Waals surface area contributed by atoms with Crippen LogP contribution >= 0.6 is 0 Å². The summed E-state index contributed by atoms with van der Waals surface area (Å²) in [6, 6.07) is 0. The third-order valence-corrected chi connectivity index (χ3v) is 8.90. The Labute approximate surface area is 134 Å². The van der Waals surface area contributed by atoms with Crippen molar-refractivity contribution in [1.29, 1.82) is 0 Å². The molecule has 3 fully saturated rings. The molecule has 1 N–H and O–H groups in total. The van der Waals surface area contributed by atoms with Gasteiger partial charge in [0, 0.05) is 11.8 Å². The number of hydrogen-bond acceptors (Lipinski definition) is 3. The van der Waals surface area contributed by atoms with Crippen molar-refractivity contribution in [3.63, 3.8) is 0 Å². The van der Waals surface area contributed by atoms with Gasteiger partial charge < -0.3 is 4.90 Å². The zero-order valence-electron chi connectivity index (χ0n) is 14.0. The Morgan fingerprint density at radius 1 is 1.27 bits per heavy atom. The number of Topliss-reactive ketones (excluding diaryl/α,β-unsaturated/α-hetero) is 1. The number of ketones is 1. The van der Waals surface area contributed by atoms with E-state index < -0.39 is 15.4 Å². The summed E-state index contributed by atoms with van der Waals surface area (Å²) < 4.78 is 27.5. The standard InChI is InChI=1S/C16H28N2O3S/c1-4-17-7-9-18(10-8-17)22(20,21)12-16-6-5-13(11-14(16)19)15(16,2)3/h13H,4-12H2,1-3H3/p+1/t13-,16+/m0/s1. The van der Waals surface area contributed by atoms with E-state index in [1.165, 1.54) is 4.90 Å². The summed E-state index contributed by atoms with van der Waals surface area (Å²) in [5.74, 6) is 0.593. The van der Waals surface area contributed by atoms with Gasteiger partial charge in [0.1, 0.15) is 5.78 Å². The maximum Gasteiger partial charge on any atom is 0.215 e. The molecule has 3 aliphatic rings. The maximum atomic E-state index is 12.9. The summed E-state index contributed by atoms with van der Waals surface area (Å²) in [6.07, 6.45) is 2.33. The Kier molecular flexibility index (Phi) is 3.94. The molecule has 0 aromatic heterocycles. The first-order valence-corrected chi connectivity index (χ1v) is 10.2. The minimum atomic E-state index is -3.35. The van der Waals surface area contributed by atoms with Gasteiger partial charge in [0.2, 0.25) is 10.0 Å². The van der Waals surface area contributed by atoms with Crippen molar-refractivity contribution >= 4 is 15.8 Å². The smallest absolute Gasteiger partial charge is 0.215 e. The number of carbonyl (C=O) groups excluding carboxylic acids is 1. The third-order valence-electron chi connectivity index (χ3n) is 6.89. The van der Waals surface area contributed by atoms with Crippen LogP contribution < -0.4 is 4.90 Å². The minimum Gasteiger partial charge on any atom is -0.333 e. The average Bonchev–Trinajstić information content (AvgIpc) is 2.81. The number of quaternary nitrogens is 1. The van der Waals surface area contributed by atoms with Crippen LogP contribution in [0, 0.1) is 16.7 Å². The van der Waals surface area contributed by atoms with Crippen molar-refractivity contribution in [3.05, 3.63) is 0 Å². The first-order chi connectivity index (χ1) is 10.2. The van der Waals surface area contributed by atoms with Crippen LogP contribution in [0.1, 0.15) is 40.0 Å². The van der Waals surface area contributed by atoms with Gasteiger partial charge in [-0.15, -0.1) is 0 Å². The van der Waals surface area contributed by atoms with Crippen molar-refractivity contribution in [1.82, 2.24) is 4.31 Å². The molecule has 2 atom stereocenters. The number of nitrogens with zero attached hydrogens (tertiary/aromatic N) is 1. The minimum absolute atomic E-state index is 0.0315. The van der Waals surface area contributed by atoms with Crippen LogP contribution in [-0.2, 0) is 14.8 Å².